The summed E-state index contributed by atoms with van der Waals surface area (Å²) in [7, 11) is 5.55. The van der Waals surface area contributed by atoms with E-state index < -0.39 is 0 Å². The second-order valence-corrected chi connectivity index (χ2v) is 8.49. The molecular weight excluding hydrogens is 428 g/mol. The lowest BCUT2D eigenvalue weighted by molar-refractivity contribution is 0.360. The van der Waals surface area contributed by atoms with Crippen molar-refractivity contribution in [1.82, 2.24) is 19.5 Å². The van der Waals surface area contributed by atoms with Crippen molar-refractivity contribution in [2.45, 2.75) is 6.42 Å². The zero-order valence-corrected chi connectivity index (χ0v) is 19.9. The molecule has 0 radical (unpaired) electrons. The Hall–Kier alpha value is -3.78. The van der Waals surface area contributed by atoms with Crippen LogP contribution < -0.4 is 19.7 Å². The summed E-state index contributed by atoms with van der Waals surface area (Å²) in [6, 6.07) is 18.2. The summed E-state index contributed by atoms with van der Waals surface area (Å²) < 4.78 is 13.1. The summed E-state index contributed by atoms with van der Waals surface area (Å²) in [6.45, 7) is 4.23. The maximum absolute atomic E-state index is 5.72. The van der Waals surface area contributed by atoms with E-state index in [2.05, 4.69) is 39.3 Å². The summed E-state index contributed by atoms with van der Waals surface area (Å²) in [5.74, 6) is 2.05. The van der Waals surface area contributed by atoms with Gasteiger partial charge >= 0.3 is 0 Å². The quantitative estimate of drug-likeness (QED) is 0.462. The van der Waals surface area contributed by atoms with E-state index in [1.165, 1.54) is 0 Å². The van der Waals surface area contributed by atoms with Gasteiger partial charge in [-0.25, -0.2) is 9.50 Å². The molecule has 0 spiro atoms. The van der Waals surface area contributed by atoms with Crippen molar-refractivity contribution in [2.75, 3.05) is 57.7 Å². The summed E-state index contributed by atoms with van der Waals surface area (Å²) in [5.41, 5.74) is 4.80. The number of benzene rings is 2. The van der Waals surface area contributed by atoms with Crippen LogP contribution in [0.25, 0.3) is 16.8 Å². The molecule has 8 heteroatoms. The molecule has 34 heavy (non-hydrogen) atoms. The van der Waals surface area contributed by atoms with Gasteiger partial charge in [0, 0.05) is 37.0 Å². The van der Waals surface area contributed by atoms with Crippen LogP contribution in [0.2, 0.25) is 0 Å². The first-order valence-corrected chi connectivity index (χ1v) is 11.5. The smallest absolute Gasteiger partial charge is 0.245 e. The number of hydrogen-bond donors (Lipinski definition) is 1. The van der Waals surface area contributed by atoms with Crippen LogP contribution in [0.4, 0.5) is 17.3 Å². The van der Waals surface area contributed by atoms with Gasteiger partial charge in [0.2, 0.25) is 5.95 Å². The molecule has 1 aliphatic rings. The molecule has 0 atom stereocenters. The molecule has 0 amide bonds. The van der Waals surface area contributed by atoms with Gasteiger partial charge in [-0.2, -0.15) is 0 Å². The fraction of sp³-hybridized carbons (Fsp3) is 0.308. The zero-order chi connectivity index (χ0) is 23.5. The van der Waals surface area contributed by atoms with Crippen LogP contribution >= 0.6 is 0 Å². The molecule has 0 aliphatic carbocycles. The molecule has 1 saturated heterocycles. The fourth-order valence-corrected chi connectivity index (χ4v) is 4.42. The van der Waals surface area contributed by atoms with Crippen molar-refractivity contribution in [2.24, 2.45) is 0 Å². The number of nitrogens with one attached hydrogen (secondary N) is 1. The number of rotatable bonds is 6. The van der Waals surface area contributed by atoms with Gasteiger partial charge in [-0.05, 0) is 56.4 Å². The number of likely N-dealkylation sites (N-methyl/N-ethyl adjacent to an activating group) is 1. The fourth-order valence-electron chi connectivity index (χ4n) is 4.42. The van der Waals surface area contributed by atoms with Crippen LogP contribution in [0.3, 0.4) is 0 Å². The number of nitrogens with zero attached hydrogens (tertiary/aromatic N) is 5. The highest BCUT2D eigenvalue weighted by molar-refractivity contribution is 5.72. The first-order chi connectivity index (χ1) is 16.7. The predicted molar refractivity (Wildman–Crippen MR) is 136 cm³/mol. The lowest BCUT2D eigenvalue weighted by Gasteiger charge is -2.24. The Bertz CT molecular complexity index is 1290. The minimum Gasteiger partial charge on any atom is -0.496 e. The van der Waals surface area contributed by atoms with Crippen LogP contribution in [0.15, 0.2) is 60.8 Å². The molecule has 2 aromatic heterocycles. The van der Waals surface area contributed by atoms with Crippen molar-refractivity contribution in [3.63, 3.8) is 0 Å². The third-order valence-corrected chi connectivity index (χ3v) is 6.30. The van der Waals surface area contributed by atoms with Gasteiger partial charge in [-0.3, -0.25) is 0 Å². The van der Waals surface area contributed by atoms with Crippen molar-refractivity contribution < 1.29 is 9.47 Å². The van der Waals surface area contributed by atoms with Gasteiger partial charge in [0.15, 0.2) is 0 Å². The maximum atomic E-state index is 5.72. The van der Waals surface area contributed by atoms with Gasteiger partial charge in [0.05, 0.1) is 37.3 Å². The first kappa shape index (κ1) is 22.0. The molecule has 1 N–H and O–H groups in total. The van der Waals surface area contributed by atoms with E-state index in [-0.39, 0.29) is 0 Å². The number of anilines is 3. The van der Waals surface area contributed by atoms with Crippen LogP contribution in [-0.4, -0.2) is 66.9 Å². The monoisotopic (exact) mass is 458 g/mol. The van der Waals surface area contributed by atoms with E-state index >= 15 is 0 Å². The first-order valence-electron chi connectivity index (χ1n) is 11.5. The highest BCUT2D eigenvalue weighted by atomic mass is 16.5. The van der Waals surface area contributed by atoms with E-state index in [1.54, 1.807) is 14.2 Å². The van der Waals surface area contributed by atoms with Gasteiger partial charge in [0.1, 0.15) is 11.5 Å². The van der Waals surface area contributed by atoms with Gasteiger partial charge < -0.3 is 24.6 Å². The summed E-state index contributed by atoms with van der Waals surface area (Å²) in [5, 5.41) is 8.09. The average Bonchev–Trinajstić information content (AvgIpc) is 3.16. The molecule has 2 aromatic carbocycles. The van der Waals surface area contributed by atoms with Crippen molar-refractivity contribution in [3.8, 4) is 22.8 Å². The normalized spacial score (nSPS) is 14.7. The number of fused-ring (bicyclic) bond motifs is 1. The maximum Gasteiger partial charge on any atom is 0.245 e. The minimum absolute atomic E-state index is 0.488. The van der Waals surface area contributed by atoms with Crippen LogP contribution in [0.1, 0.15) is 6.42 Å². The highest BCUT2D eigenvalue weighted by Gasteiger charge is 2.16. The summed E-state index contributed by atoms with van der Waals surface area (Å²) >= 11 is 0. The lowest BCUT2D eigenvalue weighted by atomic mass is 10.1. The Kier molecular flexibility index (Phi) is 6.22. The molecule has 176 valence electrons. The molecule has 0 bridgehead atoms. The Labute approximate surface area is 199 Å². The van der Waals surface area contributed by atoms with Crippen LogP contribution in [0.5, 0.6) is 11.5 Å². The molecule has 1 aliphatic heterocycles. The molecule has 8 nitrogen and oxygen atoms in total. The second-order valence-electron chi connectivity index (χ2n) is 8.49. The molecule has 4 aromatic rings. The van der Waals surface area contributed by atoms with E-state index in [0.29, 0.717) is 5.95 Å². The van der Waals surface area contributed by atoms with E-state index in [4.69, 9.17) is 14.6 Å². The Balaban J connectivity index is 1.44. The topological polar surface area (TPSA) is 67.2 Å². The summed E-state index contributed by atoms with van der Waals surface area (Å²) in [4.78, 5) is 9.30. The Morgan fingerprint density at radius 1 is 0.882 bits per heavy atom. The zero-order valence-electron chi connectivity index (χ0n) is 19.9. The van der Waals surface area contributed by atoms with Gasteiger partial charge in [0.25, 0.3) is 0 Å². The molecule has 0 saturated carbocycles. The molecule has 0 unspecified atom stereocenters. The van der Waals surface area contributed by atoms with Crippen molar-refractivity contribution in [1.29, 1.82) is 0 Å². The number of ether oxygens (including phenoxy) is 2. The minimum atomic E-state index is 0.488. The third kappa shape index (κ3) is 4.36. The lowest BCUT2D eigenvalue weighted by Crippen LogP contribution is -2.28. The second kappa shape index (κ2) is 9.61. The highest BCUT2D eigenvalue weighted by Crippen LogP contribution is 2.33. The predicted octanol–water partition coefficient (Wildman–Crippen LogP) is 4.30. The Morgan fingerprint density at radius 2 is 1.74 bits per heavy atom. The van der Waals surface area contributed by atoms with Crippen LogP contribution in [0, 0.1) is 0 Å². The molecular formula is C26H30N6O2. The largest absolute Gasteiger partial charge is 0.496 e. The SMILES string of the molecule is COc1cc(N2CCCN(C)CC2)ccc1Nc1ncc2ccc(-c3ccccc3OC)n2n1. The van der Waals surface area contributed by atoms with Gasteiger partial charge in [-0.1, -0.05) is 12.1 Å². The molecule has 1 fully saturated rings. The van der Waals surface area contributed by atoms with Crippen molar-refractivity contribution in [3.05, 3.63) is 60.8 Å². The number of para-hydroxylation sites is 1. The van der Waals surface area contributed by atoms with E-state index in [1.807, 2.05) is 53.2 Å². The average molecular weight is 459 g/mol. The van der Waals surface area contributed by atoms with E-state index in [9.17, 15) is 0 Å². The Morgan fingerprint density at radius 3 is 2.59 bits per heavy atom. The standard InChI is InChI=1S/C26H30N6O2/c1-30-13-6-14-31(16-15-30)19-9-11-22(25(17-19)34-3)28-26-27-18-20-10-12-23(32(20)29-26)21-7-4-5-8-24(21)33-2/h4-5,7-12,17-18H,6,13-16H2,1-3H3,(H,28,29). The van der Waals surface area contributed by atoms with Gasteiger partial charge in [-0.15, -0.1) is 5.10 Å². The van der Waals surface area contributed by atoms with Crippen LogP contribution in [-0.2, 0) is 0 Å². The van der Waals surface area contributed by atoms with E-state index in [0.717, 1.165) is 72.2 Å². The van der Waals surface area contributed by atoms with Crippen molar-refractivity contribution >= 4 is 22.8 Å². The number of methoxy groups -OCH3 is 2. The summed E-state index contributed by atoms with van der Waals surface area (Å²) in [6.07, 6.45) is 2.96. The number of hydrogen-bond acceptors (Lipinski definition) is 7. The third-order valence-electron chi connectivity index (χ3n) is 6.30. The molecule has 5 rings (SSSR count). The molecule has 3 heterocycles. The number of aromatic nitrogens is 3.